The number of carbonyl (C=O) groups is 2. The molecule has 2 aromatic carbocycles. The first kappa shape index (κ1) is 25.3. The van der Waals surface area contributed by atoms with Gasteiger partial charge in [0.2, 0.25) is 5.91 Å². The largest absolute Gasteiger partial charge is 0.469 e. The zero-order valence-corrected chi connectivity index (χ0v) is 21.4. The average molecular weight is 524 g/mol. The fourth-order valence-electron chi connectivity index (χ4n) is 5.44. The van der Waals surface area contributed by atoms with E-state index in [9.17, 15) is 14.0 Å². The van der Waals surface area contributed by atoms with Crippen LogP contribution >= 0.6 is 11.6 Å². The van der Waals surface area contributed by atoms with E-state index >= 15 is 0 Å². The third-order valence-corrected chi connectivity index (χ3v) is 7.68. The Labute approximate surface area is 221 Å². The molecule has 3 heterocycles. The van der Waals surface area contributed by atoms with Crippen molar-refractivity contribution in [2.45, 2.75) is 25.7 Å². The summed E-state index contributed by atoms with van der Waals surface area (Å²) in [5, 5.41) is 3.15. The van der Waals surface area contributed by atoms with E-state index in [-0.39, 0.29) is 22.4 Å². The Hall–Kier alpha value is -3.32. The summed E-state index contributed by atoms with van der Waals surface area (Å²) in [5.74, 6) is 0.690. The highest BCUT2D eigenvalue weighted by molar-refractivity contribution is 6.33. The van der Waals surface area contributed by atoms with Crippen molar-refractivity contribution in [1.82, 2.24) is 10.2 Å². The van der Waals surface area contributed by atoms with Crippen molar-refractivity contribution in [3.8, 4) is 0 Å². The van der Waals surface area contributed by atoms with Crippen molar-refractivity contribution in [3.63, 3.8) is 0 Å². The van der Waals surface area contributed by atoms with E-state index in [0.717, 1.165) is 31.7 Å². The molecule has 5 rings (SSSR count). The maximum absolute atomic E-state index is 14.2. The summed E-state index contributed by atoms with van der Waals surface area (Å²) in [6.07, 6.45) is 4.42. The molecular weight excluding hydrogens is 493 g/mol. The minimum Gasteiger partial charge on any atom is -0.469 e. The van der Waals surface area contributed by atoms with Crippen LogP contribution in [0.5, 0.6) is 0 Å². The van der Waals surface area contributed by atoms with Crippen molar-refractivity contribution in [1.29, 1.82) is 0 Å². The third kappa shape index (κ3) is 5.99. The molecule has 0 bridgehead atoms. The van der Waals surface area contributed by atoms with Gasteiger partial charge in [-0.3, -0.25) is 9.59 Å². The number of halogens is 2. The Morgan fingerprint density at radius 2 is 1.78 bits per heavy atom. The predicted octanol–water partition coefficient (Wildman–Crippen LogP) is 4.96. The number of hydrogen-bond donors (Lipinski definition) is 1. The molecule has 8 heteroatoms. The average Bonchev–Trinajstić information content (AvgIpc) is 3.62. The monoisotopic (exact) mass is 523 g/mol. The second kappa shape index (κ2) is 11.4. The molecule has 2 amide bonds. The maximum atomic E-state index is 14.2. The van der Waals surface area contributed by atoms with Gasteiger partial charge in [0.1, 0.15) is 11.6 Å². The standard InChI is InChI=1S/C29H31ClFN3O3/c30-25-9-2-10-26(31)28(25)29(36)34-18-21-16-33(17-22(21)19-34)23-7-1-5-20(15-23)6-3-13-32-27(35)12-11-24-8-4-14-37-24/h1-2,4-5,7-10,14-15,21-22H,3,6,11-13,16-19H2,(H,32,35). The molecule has 1 aromatic heterocycles. The van der Waals surface area contributed by atoms with E-state index in [2.05, 4.69) is 34.5 Å². The highest BCUT2D eigenvalue weighted by atomic mass is 35.5. The summed E-state index contributed by atoms with van der Waals surface area (Å²) in [5.41, 5.74) is 2.40. The van der Waals surface area contributed by atoms with Crippen molar-refractivity contribution >= 4 is 29.1 Å². The van der Waals surface area contributed by atoms with Crippen molar-refractivity contribution in [2.24, 2.45) is 11.8 Å². The smallest absolute Gasteiger partial charge is 0.258 e. The van der Waals surface area contributed by atoms with Crippen LogP contribution in [0.15, 0.2) is 65.3 Å². The molecule has 37 heavy (non-hydrogen) atoms. The molecule has 2 aliphatic rings. The summed E-state index contributed by atoms with van der Waals surface area (Å²) < 4.78 is 19.5. The molecule has 6 nitrogen and oxygen atoms in total. The van der Waals surface area contributed by atoms with Gasteiger partial charge < -0.3 is 19.5 Å². The minimum atomic E-state index is -0.568. The van der Waals surface area contributed by atoms with Gasteiger partial charge in [-0.1, -0.05) is 29.8 Å². The molecule has 2 aliphatic heterocycles. The Bertz CT molecular complexity index is 1210. The van der Waals surface area contributed by atoms with E-state index in [4.69, 9.17) is 16.0 Å². The first-order valence-corrected chi connectivity index (χ1v) is 13.2. The van der Waals surface area contributed by atoms with E-state index < -0.39 is 5.82 Å². The van der Waals surface area contributed by atoms with Gasteiger partial charge in [0.05, 0.1) is 16.8 Å². The normalized spacial score (nSPS) is 18.8. The van der Waals surface area contributed by atoms with Gasteiger partial charge in [-0.15, -0.1) is 0 Å². The van der Waals surface area contributed by atoms with Gasteiger partial charge in [0, 0.05) is 63.1 Å². The lowest BCUT2D eigenvalue weighted by Crippen LogP contribution is -2.34. The van der Waals surface area contributed by atoms with Crippen LogP contribution in [0.4, 0.5) is 10.1 Å². The number of carbonyl (C=O) groups excluding carboxylic acids is 2. The Kier molecular flexibility index (Phi) is 7.79. The first-order valence-electron chi connectivity index (χ1n) is 12.8. The molecule has 0 spiro atoms. The molecule has 3 aromatic rings. The summed E-state index contributed by atoms with van der Waals surface area (Å²) in [6.45, 7) is 3.61. The Morgan fingerprint density at radius 3 is 2.51 bits per heavy atom. The van der Waals surface area contributed by atoms with Gasteiger partial charge in [-0.25, -0.2) is 4.39 Å². The number of fused-ring (bicyclic) bond motifs is 1. The molecule has 2 unspecified atom stereocenters. The van der Waals surface area contributed by atoms with Crippen LogP contribution in [0, 0.1) is 17.7 Å². The number of aryl methyl sites for hydroxylation is 2. The summed E-state index contributed by atoms with van der Waals surface area (Å²) >= 11 is 6.12. The Morgan fingerprint density at radius 1 is 1.00 bits per heavy atom. The Balaban J connectivity index is 1.08. The second-order valence-electron chi connectivity index (χ2n) is 9.93. The highest BCUT2D eigenvalue weighted by Crippen LogP contribution is 2.35. The van der Waals surface area contributed by atoms with Crippen molar-refractivity contribution < 1.29 is 18.4 Å². The molecular formula is C29H31ClFN3O3. The van der Waals surface area contributed by atoms with E-state index in [1.807, 2.05) is 12.1 Å². The van der Waals surface area contributed by atoms with Crippen LogP contribution in [0.25, 0.3) is 0 Å². The quantitative estimate of drug-likeness (QED) is 0.402. The molecule has 0 aliphatic carbocycles. The van der Waals surface area contributed by atoms with Crippen LogP contribution in [0.3, 0.4) is 0 Å². The van der Waals surface area contributed by atoms with Gasteiger partial charge in [0.25, 0.3) is 5.91 Å². The van der Waals surface area contributed by atoms with E-state index in [1.54, 1.807) is 17.2 Å². The lowest BCUT2D eigenvalue weighted by molar-refractivity contribution is -0.121. The van der Waals surface area contributed by atoms with E-state index in [0.29, 0.717) is 44.3 Å². The molecule has 0 radical (unpaired) electrons. The van der Waals surface area contributed by atoms with Crippen molar-refractivity contribution in [2.75, 3.05) is 37.6 Å². The predicted molar refractivity (Wildman–Crippen MR) is 141 cm³/mol. The van der Waals surface area contributed by atoms with Gasteiger partial charge in [-0.05, 0) is 54.8 Å². The number of hydrogen-bond acceptors (Lipinski definition) is 4. The highest BCUT2D eigenvalue weighted by Gasteiger charge is 2.42. The second-order valence-corrected chi connectivity index (χ2v) is 10.3. The van der Waals surface area contributed by atoms with Crippen molar-refractivity contribution in [3.05, 3.63) is 88.6 Å². The summed E-state index contributed by atoms with van der Waals surface area (Å²) in [7, 11) is 0. The number of benzene rings is 2. The molecule has 1 N–H and O–H groups in total. The van der Waals surface area contributed by atoms with Gasteiger partial charge >= 0.3 is 0 Å². The summed E-state index contributed by atoms with van der Waals surface area (Å²) in [4.78, 5) is 29.1. The number of nitrogens with zero attached hydrogens (tertiary/aromatic N) is 2. The van der Waals surface area contributed by atoms with Crippen LogP contribution in [0.1, 0.15) is 34.5 Å². The molecule has 2 fully saturated rings. The molecule has 194 valence electrons. The topological polar surface area (TPSA) is 65.8 Å². The lowest BCUT2D eigenvalue weighted by Gasteiger charge is -2.24. The van der Waals surface area contributed by atoms with Crippen LogP contribution < -0.4 is 10.2 Å². The SMILES string of the molecule is O=C(CCc1ccco1)NCCCc1cccc(N2CC3CN(C(=O)c4c(F)cccc4Cl)CC3C2)c1. The zero-order valence-electron chi connectivity index (χ0n) is 20.7. The fourth-order valence-corrected chi connectivity index (χ4v) is 5.68. The molecule has 0 saturated carbocycles. The summed E-state index contributed by atoms with van der Waals surface area (Å²) in [6, 6.07) is 16.6. The first-order chi connectivity index (χ1) is 18.0. The van der Waals surface area contributed by atoms with E-state index in [1.165, 1.54) is 23.4 Å². The fraction of sp³-hybridized carbons (Fsp3) is 0.379. The number of amides is 2. The van der Waals surface area contributed by atoms with Crippen LogP contribution in [-0.2, 0) is 17.6 Å². The van der Waals surface area contributed by atoms with Crippen LogP contribution in [-0.4, -0.2) is 49.4 Å². The maximum Gasteiger partial charge on any atom is 0.258 e. The molecule has 2 atom stereocenters. The third-order valence-electron chi connectivity index (χ3n) is 7.37. The molecule has 2 saturated heterocycles. The van der Waals surface area contributed by atoms with Gasteiger partial charge in [0.15, 0.2) is 0 Å². The minimum absolute atomic E-state index is 0.0255. The lowest BCUT2D eigenvalue weighted by atomic mass is 10.0. The number of nitrogens with one attached hydrogen (secondary N) is 1. The van der Waals surface area contributed by atoms with Crippen LogP contribution in [0.2, 0.25) is 5.02 Å². The number of anilines is 1. The number of furan rings is 1. The number of likely N-dealkylation sites (tertiary alicyclic amines) is 1. The van der Waals surface area contributed by atoms with Gasteiger partial charge in [-0.2, -0.15) is 0 Å². The number of rotatable bonds is 9. The zero-order chi connectivity index (χ0) is 25.8.